The Bertz CT molecular complexity index is 575. The minimum atomic E-state index is -0.384. The van der Waals surface area contributed by atoms with E-state index in [0.717, 1.165) is 35.7 Å². The first-order valence-electron chi connectivity index (χ1n) is 7.16. The summed E-state index contributed by atoms with van der Waals surface area (Å²) in [5, 5.41) is 4.95. The van der Waals surface area contributed by atoms with E-state index < -0.39 is 0 Å². The minimum absolute atomic E-state index is 0.0510. The van der Waals surface area contributed by atoms with Gasteiger partial charge in [0.1, 0.15) is 6.10 Å². The number of carbonyl (C=O) groups excluding carboxylic acids is 1. The Morgan fingerprint density at radius 1 is 1.20 bits per heavy atom. The van der Waals surface area contributed by atoms with Crippen LogP contribution < -0.4 is 5.32 Å². The van der Waals surface area contributed by atoms with Crippen LogP contribution in [0.25, 0.3) is 10.8 Å². The van der Waals surface area contributed by atoms with Crippen LogP contribution in [0.5, 0.6) is 0 Å². The Labute approximate surface area is 119 Å². The number of rotatable bonds is 5. The van der Waals surface area contributed by atoms with Crippen molar-refractivity contribution in [2.45, 2.75) is 39.2 Å². The zero-order valence-electron chi connectivity index (χ0n) is 12.1. The number of fused-ring (bicyclic) bond motifs is 1. The largest absolute Gasteiger partial charge is 0.446 e. The first-order valence-corrected chi connectivity index (χ1v) is 7.16. The van der Waals surface area contributed by atoms with Crippen molar-refractivity contribution in [1.29, 1.82) is 0 Å². The fraction of sp³-hybridized carbons (Fsp3) is 0.353. The number of amides is 1. The van der Waals surface area contributed by atoms with Crippen LogP contribution in [0.4, 0.5) is 10.5 Å². The molecule has 106 valence electrons. The van der Waals surface area contributed by atoms with Crippen LogP contribution in [0.2, 0.25) is 0 Å². The fourth-order valence-electron chi connectivity index (χ4n) is 2.21. The van der Waals surface area contributed by atoms with Gasteiger partial charge in [0.05, 0.1) is 5.69 Å². The average Bonchev–Trinajstić information content (AvgIpc) is 2.45. The van der Waals surface area contributed by atoms with Gasteiger partial charge in [-0.1, -0.05) is 56.2 Å². The third kappa shape index (κ3) is 3.73. The van der Waals surface area contributed by atoms with Crippen molar-refractivity contribution >= 4 is 22.6 Å². The molecule has 2 aromatic carbocycles. The summed E-state index contributed by atoms with van der Waals surface area (Å²) in [5.74, 6) is 0. The molecule has 0 aromatic heterocycles. The zero-order valence-corrected chi connectivity index (χ0v) is 12.1. The molecule has 1 atom stereocenters. The summed E-state index contributed by atoms with van der Waals surface area (Å²) in [6, 6.07) is 13.8. The molecule has 0 radical (unpaired) electrons. The molecular formula is C17H21NO2. The van der Waals surface area contributed by atoms with Crippen LogP contribution in [0.15, 0.2) is 42.5 Å². The van der Waals surface area contributed by atoms with E-state index >= 15 is 0 Å². The molecule has 0 bridgehead atoms. The summed E-state index contributed by atoms with van der Waals surface area (Å²) in [6.45, 7) is 4.06. The fourth-order valence-corrected chi connectivity index (χ4v) is 2.21. The van der Waals surface area contributed by atoms with Crippen molar-refractivity contribution < 1.29 is 9.53 Å². The molecule has 2 aromatic rings. The monoisotopic (exact) mass is 271 g/mol. The van der Waals surface area contributed by atoms with Gasteiger partial charge in [-0.05, 0) is 24.8 Å². The van der Waals surface area contributed by atoms with E-state index in [1.807, 2.05) is 49.4 Å². The Balaban J connectivity index is 2.03. The Kier molecular flexibility index (Phi) is 4.99. The summed E-state index contributed by atoms with van der Waals surface area (Å²) in [4.78, 5) is 11.9. The lowest BCUT2D eigenvalue weighted by molar-refractivity contribution is 0.114. The van der Waals surface area contributed by atoms with Crippen molar-refractivity contribution in [2.75, 3.05) is 5.32 Å². The Hall–Kier alpha value is -2.03. The van der Waals surface area contributed by atoms with Crippen LogP contribution in [0.1, 0.15) is 33.1 Å². The Morgan fingerprint density at radius 2 is 1.95 bits per heavy atom. The van der Waals surface area contributed by atoms with Crippen molar-refractivity contribution in [1.82, 2.24) is 0 Å². The lowest BCUT2D eigenvalue weighted by atomic mass is 10.1. The van der Waals surface area contributed by atoms with Crippen molar-refractivity contribution in [3.8, 4) is 0 Å². The molecule has 1 N–H and O–H groups in total. The molecule has 0 spiro atoms. The van der Waals surface area contributed by atoms with Crippen LogP contribution in [-0.4, -0.2) is 12.2 Å². The van der Waals surface area contributed by atoms with Gasteiger partial charge in [0.15, 0.2) is 0 Å². The molecular weight excluding hydrogens is 250 g/mol. The molecule has 3 heteroatoms. The van der Waals surface area contributed by atoms with Gasteiger partial charge in [-0.25, -0.2) is 4.79 Å². The summed E-state index contributed by atoms with van der Waals surface area (Å²) >= 11 is 0. The second-order valence-corrected chi connectivity index (χ2v) is 5.01. The minimum Gasteiger partial charge on any atom is -0.446 e. The topological polar surface area (TPSA) is 38.3 Å². The maximum Gasteiger partial charge on any atom is 0.411 e. The highest BCUT2D eigenvalue weighted by Crippen LogP contribution is 2.23. The molecule has 0 aliphatic heterocycles. The Morgan fingerprint density at radius 3 is 2.75 bits per heavy atom. The molecule has 0 unspecified atom stereocenters. The van der Waals surface area contributed by atoms with Gasteiger partial charge in [0.2, 0.25) is 0 Å². The molecule has 0 saturated heterocycles. The molecule has 0 aliphatic carbocycles. The van der Waals surface area contributed by atoms with Crippen LogP contribution in [0, 0.1) is 0 Å². The lowest BCUT2D eigenvalue weighted by Crippen LogP contribution is -2.20. The van der Waals surface area contributed by atoms with Crippen LogP contribution >= 0.6 is 0 Å². The maximum absolute atomic E-state index is 11.9. The van der Waals surface area contributed by atoms with Crippen molar-refractivity contribution in [3.63, 3.8) is 0 Å². The van der Waals surface area contributed by atoms with Gasteiger partial charge in [0, 0.05) is 5.39 Å². The summed E-state index contributed by atoms with van der Waals surface area (Å²) < 4.78 is 5.36. The van der Waals surface area contributed by atoms with Crippen molar-refractivity contribution in [3.05, 3.63) is 42.5 Å². The lowest BCUT2D eigenvalue weighted by Gasteiger charge is -2.14. The van der Waals surface area contributed by atoms with E-state index in [4.69, 9.17) is 4.74 Å². The van der Waals surface area contributed by atoms with Gasteiger partial charge < -0.3 is 4.74 Å². The molecule has 0 aliphatic rings. The van der Waals surface area contributed by atoms with Gasteiger partial charge in [-0.2, -0.15) is 0 Å². The standard InChI is InChI=1S/C17H21NO2/c1-3-4-8-13(2)20-17(19)18-16-12-7-10-14-9-5-6-11-15(14)16/h5-7,9-13H,3-4,8H2,1-2H3,(H,18,19)/t13-/m1/s1. The zero-order chi connectivity index (χ0) is 14.4. The number of benzene rings is 2. The first-order chi connectivity index (χ1) is 9.70. The van der Waals surface area contributed by atoms with E-state index in [-0.39, 0.29) is 12.2 Å². The van der Waals surface area contributed by atoms with Gasteiger partial charge in [-0.15, -0.1) is 0 Å². The third-order valence-corrected chi connectivity index (χ3v) is 3.30. The first kappa shape index (κ1) is 14.4. The summed E-state index contributed by atoms with van der Waals surface area (Å²) in [5.41, 5.74) is 0.788. The predicted molar refractivity (Wildman–Crippen MR) is 83.0 cm³/mol. The van der Waals surface area contributed by atoms with Crippen LogP contribution in [0.3, 0.4) is 0 Å². The number of nitrogens with one attached hydrogen (secondary N) is 1. The highest BCUT2D eigenvalue weighted by molar-refractivity contribution is 6.00. The smallest absolute Gasteiger partial charge is 0.411 e. The quantitative estimate of drug-likeness (QED) is 0.834. The molecule has 0 heterocycles. The van der Waals surface area contributed by atoms with E-state index in [0.29, 0.717) is 0 Å². The van der Waals surface area contributed by atoms with Crippen molar-refractivity contribution in [2.24, 2.45) is 0 Å². The highest BCUT2D eigenvalue weighted by Gasteiger charge is 2.10. The predicted octanol–water partition coefficient (Wildman–Crippen LogP) is 4.97. The molecule has 20 heavy (non-hydrogen) atoms. The van der Waals surface area contributed by atoms with Gasteiger partial charge in [-0.3, -0.25) is 5.32 Å². The number of anilines is 1. The molecule has 0 fully saturated rings. The normalized spacial score (nSPS) is 12.1. The summed E-state index contributed by atoms with van der Waals surface area (Å²) in [7, 11) is 0. The number of carbonyl (C=O) groups is 1. The van der Waals surface area contributed by atoms with E-state index in [1.165, 1.54) is 0 Å². The van der Waals surface area contributed by atoms with Crippen LogP contribution in [-0.2, 0) is 4.74 Å². The number of hydrogen-bond acceptors (Lipinski definition) is 2. The summed E-state index contributed by atoms with van der Waals surface area (Å²) in [6.07, 6.45) is 2.65. The second-order valence-electron chi connectivity index (χ2n) is 5.01. The van der Waals surface area contributed by atoms with Gasteiger partial charge >= 0.3 is 6.09 Å². The maximum atomic E-state index is 11.9. The highest BCUT2D eigenvalue weighted by atomic mass is 16.6. The second kappa shape index (κ2) is 6.94. The number of ether oxygens (including phenoxy) is 1. The van der Waals surface area contributed by atoms with Gasteiger partial charge in [0.25, 0.3) is 0 Å². The number of hydrogen-bond donors (Lipinski definition) is 1. The molecule has 0 saturated carbocycles. The third-order valence-electron chi connectivity index (χ3n) is 3.30. The van der Waals surface area contributed by atoms with E-state index in [9.17, 15) is 4.79 Å². The average molecular weight is 271 g/mol. The van der Waals surface area contributed by atoms with E-state index in [1.54, 1.807) is 0 Å². The number of unbranched alkanes of at least 4 members (excludes halogenated alkanes) is 1. The molecule has 2 rings (SSSR count). The molecule has 1 amide bonds. The SMILES string of the molecule is CCCC[C@@H](C)OC(=O)Nc1cccc2ccccc12. The van der Waals surface area contributed by atoms with E-state index in [2.05, 4.69) is 12.2 Å². The molecule has 3 nitrogen and oxygen atoms in total.